The van der Waals surface area contributed by atoms with Gasteiger partial charge in [0.15, 0.2) is 0 Å². The van der Waals surface area contributed by atoms with Crippen molar-refractivity contribution < 1.29 is 14.7 Å². The van der Waals surface area contributed by atoms with Crippen LogP contribution in [0.15, 0.2) is 18.2 Å². The minimum Gasteiger partial charge on any atom is -0.478 e. The van der Waals surface area contributed by atoms with E-state index in [0.717, 1.165) is 0 Å². The number of para-hydroxylation sites is 1. The third-order valence-electron chi connectivity index (χ3n) is 2.86. The molecule has 0 saturated heterocycles. The van der Waals surface area contributed by atoms with Gasteiger partial charge in [-0.25, -0.2) is 4.79 Å². The first-order chi connectivity index (χ1) is 8.06. The van der Waals surface area contributed by atoms with E-state index in [1.807, 2.05) is 6.92 Å². The largest absolute Gasteiger partial charge is 0.478 e. The quantitative estimate of drug-likeness (QED) is 0.814. The van der Waals surface area contributed by atoms with E-state index in [2.05, 4.69) is 5.32 Å². The van der Waals surface area contributed by atoms with E-state index < -0.39 is 5.97 Å². The minimum absolute atomic E-state index is 0.103. The van der Waals surface area contributed by atoms with Crippen molar-refractivity contribution >= 4 is 23.3 Å². The van der Waals surface area contributed by atoms with Crippen molar-refractivity contribution in [3.8, 4) is 0 Å². The number of aromatic carboxylic acids is 1. The molecule has 0 saturated carbocycles. The summed E-state index contributed by atoms with van der Waals surface area (Å²) >= 11 is 0. The Kier molecular flexibility index (Phi) is 2.75. The van der Waals surface area contributed by atoms with Crippen molar-refractivity contribution in [2.45, 2.75) is 19.9 Å². The number of carboxylic acids is 1. The number of carboxylic acid groups (broad SMARTS) is 1. The molecule has 1 aliphatic rings. The number of carbonyl (C=O) groups is 2. The SMILES string of the molecule is CCN1C(=O)C(C)Nc2cccc(C(=O)O)c21. The van der Waals surface area contributed by atoms with Crippen LogP contribution in [0.1, 0.15) is 24.2 Å². The number of likely N-dealkylation sites (N-methyl/N-ethyl adjacent to an activating group) is 1. The molecule has 1 aliphatic heterocycles. The van der Waals surface area contributed by atoms with E-state index in [0.29, 0.717) is 17.9 Å². The lowest BCUT2D eigenvalue weighted by molar-refractivity contribution is -0.119. The molecule has 1 heterocycles. The van der Waals surface area contributed by atoms with Crippen LogP contribution in [0.4, 0.5) is 11.4 Å². The van der Waals surface area contributed by atoms with Crippen molar-refractivity contribution in [1.29, 1.82) is 0 Å². The summed E-state index contributed by atoms with van der Waals surface area (Å²) in [5, 5.41) is 12.2. The van der Waals surface area contributed by atoms with Gasteiger partial charge in [-0.2, -0.15) is 0 Å². The van der Waals surface area contributed by atoms with E-state index in [-0.39, 0.29) is 17.5 Å². The lowest BCUT2D eigenvalue weighted by atomic mass is 10.0. The number of nitrogens with one attached hydrogen (secondary N) is 1. The van der Waals surface area contributed by atoms with Crippen molar-refractivity contribution in [3.63, 3.8) is 0 Å². The Bertz CT molecular complexity index is 485. The number of rotatable bonds is 2. The molecule has 5 heteroatoms. The number of amides is 1. The van der Waals surface area contributed by atoms with Gasteiger partial charge >= 0.3 is 5.97 Å². The fraction of sp³-hybridized carbons (Fsp3) is 0.333. The zero-order valence-electron chi connectivity index (χ0n) is 9.73. The molecule has 0 bridgehead atoms. The molecule has 0 aliphatic carbocycles. The fourth-order valence-electron chi connectivity index (χ4n) is 2.08. The molecule has 1 amide bonds. The van der Waals surface area contributed by atoms with Gasteiger partial charge in [0.2, 0.25) is 5.91 Å². The number of hydrogen-bond donors (Lipinski definition) is 2. The Morgan fingerprint density at radius 1 is 1.53 bits per heavy atom. The molecule has 1 unspecified atom stereocenters. The lowest BCUT2D eigenvalue weighted by Crippen LogP contribution is -2.46. The number of hydrogen-bond acceptors (Lipinski definition) is 3. The second-order valence-electron chi connectivity index (χ2n) is 3.96. The Balaban J connectivity index is 2.63. The van der Waals surface area contributed by atoms with E-state index >= 15 is 0 Å². The molecule has 0 aromatic heterocycles. The Morgan fingerprint density at radius 2 is 2.24 bits per heavy atom. The van der Waals surface area contributed by atoms with Gasteiger partial charge in [0, 0.05) is 6.54 Å². The van der Waals surface area contributed by atoms with Crippen LogP contribution in [0.5, 0.6) is 0 Å². The first-order valence-electron chi connectivity index (χ1n) is 5.50. The van der Waals surface area contributed by atoms with Gasteiger partial charge in [-0.1, -0.05) is 6.07 Å². The fourth-order valence-corrected chi connectivity index (χ4v) is 2.08. The Labute approximate surface area is 99.0 Å². The first-order valence-corrected chi connectivity index (χ1v) is 5.50. The summed E-state index contributed by atoms with van der Waals surface area (Å²) < 4.78 is 0. The van der Waals surface area contributed by atoms with E-state index in [4.69, 9.17) is 5.11 Å². The smallest absolute Gasteiger partial charge is 0.337 e. The molecule has 1 aromatic rings. The molecule has 1 aromatic carbocycles. The van der Waals surface area contributed by atoms with E-state index in [9.17, 15) is 9.59 Å². The van der Waals surface area contributed by atoms with Crippen LogP contribution in [0.2, 0.25) is 0 Å². The summed E-state index contributed by atoms with van der Waals surface area (Å²) in [5.74, 6) is -1.13. The normalized spacial score (nSPS) is 18.6. The maximum atomic E-state index is 12.0. The number of fused-ring (bicyclic) bond motifs is 1. The molecule has 0 radical (unpaired) electrons. The molecule has 17 heavy (non-hydrogen) atoms. The highest BCUT2D eigenvalue weighted by atomic mass is 16.4. The molecule has 2 rings (SSSR count). The predicted molar refractivity (Wildman–Crippen MR) is 64.5 cm³/mol. The highest BCUT2D eigenvalue weighted by Gasteiger charge is 2.31. The minimum atomic E-state index is -1.02. The molecule has 2 N–H and O–H groups in total. The molecule has 0 fully saturated rings. The maximum absolute atomic E-state index is 12.0. The van der Waals surface area contributed by atoms with Crippen LogP contribution < -0.4 is 10.2 Å². The van der Waals surface area contributed by atoms with Crippen molar-refractivity contribution in [2.75, 3.05) is 16.8 Å². The highest BCUT2D eigenvalue weighted by Crippen LogP contribution is 2.34. The van der Waals surface area contributed by atoms with Gasteiger partial charge in [0.1, 0.15) is 6.04 Å². The van der Waals surface area contributed by atoms with Gasteiger partial charge in [-0.15, -0.1) is 0 Å². The van der Waals surface area contributed by atoms with Gasteiger partial charge in [-0.05, 0) is 26.0 Å². The average molecular weight is 234 g/mol. The number of carbonyl (C=O) groups excluding carboxylic acids is 1. The van der Waals surface area contributed by atoms with Gasteiger partial charge in [0.05, 0.1) is 16.9 Å². The summed E-state index contributed by atoms with van der Waals surface area (Å²) in [4.78, 5) is 24.6. The van der Waals surface area contributed by atoms with Crippen LogP contribution in [-0.4, -0.2) is 29.6 Å². The van der Waals surface area contributed by atoms with Gasteiger partial charge in [-0.3, -0.25) is 4.79 Å². The summed E-state index contributed by atoms with van der Waals surface area (Å²) in [7, 11) is 0. The first kappa shape index (κ1) is 11.4. The number of anilines is 2. The molecular weight excluding hydrogens is 220 g/mol. The lowest BCUT2D eigenvalue weighted by Gasteiger charge is -2.34. The Morgan fingerprint density at radius 3 is 2.82 bits per heavy atom. The van der Waals surface area contributed by atoms with E-state index in [1.54, 1.807) is 19.1 Å². The summed E-state index contributed by atoms with van der Waals surface area (Å²) in [6, 6.07) is 4.64. The molecule has 5 nitrogen and oxygen atoms in total. The second kappa shape index (κ2) is 4.08. The van der Waals surface area contributed by atoms with Crippen molar-refractivity contribution in [2.24, 2.45) is 0 Å². The molecule has 0 spiro atoms. The standard InChI is InChI=1S/C12H14N2O3/c1-3-14-10-8(12(16)17)5-4-6-9(10)13-7(2)11(14)15/h4-7,13H,3H2,1-2H3,(H,16,17). The van der Waals surface area contributed by atoms with Crippen LogP contribution in [0.3, 0.4) is 0 Å². The highest BCUT2D eigenvalue weighted by molar-refractivity contribution is 6.10. The maximum Gasteiger partial charge on any atom is 0.337 e. The average Bonchev–Trinajstić information content (AvgIpc) is 2.30. The van der Waals surface area contributed by atoms with Gasteiger partial charge in [0.25, 0.3) is 0 Å². The Hall–Kier alpha value is -2.04. The zero-order valence-corrected chi connectivity index (χ0v) is 9.73. The number of benzene rings is 1. The topological polar surface area (TPSA) is 69.6 Å². The van der Waals surface area contributed by atoms with Crippen molar-refractivity contribution in [1.82, 2.24) is 0 Å². The van der Waals surface area contributed by atoms with Crippen LogP contribution in [-0.2, 0) is 4.79 Å². The molecular formula is C12H14N2O3. The van der Waals surface area contributed by atoms with Crippen molar-refractivity contribution in [3.05, 3.63) is 23.8 Å². The predicted octanol–water partition coefficient (Wildman–Crippen LogP) is 1.55. The van der Waals surface area contributed by atoms with Crippen LogP contribution in [0.25, 0.3) is 0 Å². The van der Waals surface area contributed by atoms with E-state index in [1.165, 1.54) is 11.0 Å². The second-order valence-corrected chi connectivity index (χ2v) is 3.96. The summed E-state index contributed by atoms with van der Waals surface area (Å²) in [5.41, 5.74) is 1.31. The molecule has 1 atom stereocenters. The van der Waals surface area contributed by atoms with Crippen LogP contribution in [0, 0.1) is 0 Å². The van der Waals surface area contributed by atoms with Crippen LogP contribution >= 0.6 is 0 Å². The third-order valence-corrected chi connectivity index (χ3v) is 2.86. The van der Waals surface area contributed by atoms with Gasteiger partial charge < -0.3 is 15.3 Å². The third kappa shape index (κ3) is 1.73. The monoisotopic (exact) mass is 234 g/mol. The number of nitrogens with zero attached hydrogens (tertiary/aromatic N) is 1. The summed E-state index contributed by atoms with van der Waals surface area (Å²) in [6.45, 7) is 4.06. The zero-order chi connectivity index (χ0) is 12.6. The summed E-state index contributed by atoms with van der Waals surface area (Å²) in [6.07, 6.45) is 0. The molecule has 90 valence electrons.